The summed E-state index contributed by atoms with van der Waals surface area (Å²) in [6, 6.07) is 26.6. The van der Waals surface area contributed by atoms with E-state index in [0.29, 0.717) is 12.1 Å². The molecule has 1 fully saturated rings. The molecular weight excluding hydrogens is 408 g/mol. The Morgan fingerprint density at radius 1 is 0.970 bits per heavy atom. The second-order valence-electron chi connectivity index (χ2n) is 8.75. The highest BCUT2D eigenvalue weighted by molar-refractivity contribution is 5.74. The number of aryl methyl sites for hydroxylation is 1. The van der Waals surface area contributed by atoms with E-state index in [2.05, 4.69) is 52.8 Å². The van der Waals surface area contributed by atoms with Gasteiger partial charge in [0.1, 0.15) is 0 Å². The van der Waals surface area contributed by atoms with Crippen molar-refractivity contribution in [2.24, 2.45) is 0 Å². The van der Waals surface area contributed by atoms with Gasteiger partial charge in [-0.05, 0) is 54.2 Å². The van der Waals surface area contributed by atoms with Crippen LogP contribution < -0.4 is 10.6 Å². The number of urea groups is 1. The van der Waals surface area contributed by atoms with Crippen molar-refractivity contribution in [3.63, 3.8) is 0 Å². The van der Waals surface area contributed by atoms with Crippen LogP contribution in [0.4, 0.5) is 4.79 Å². The third kappa shape index (κ3) is 6.44. The van der Waals surface area contributed by atoms with Crippen LogP contribution >= 0.6 is 0 Å². The largest absolute Gasteiger partial charge is 0.335 e. The second-order valence-corrected chi connectivity index (χ2v) is 8.75. The molecule has 3 aromatic rings. The minimum absolute atomic E-state index is 0.113. The van der Waals surface area contributed by atoms with Gasteiger partial charge < -0.3 is 10.6 Å². The third-order valence-electron chi connectivity index (χ3n) is 6.18. The van der Waals surface area contributed by atoms with Crippen molar-refractivity contribution in [2.45, 2.75) is 38.9 Å². The maximum atomic E-state index is 12.4. The summed E-state index contributed by atoms with van der Waals surface area (Å²) < 4.78 is 0. The Hall–Kier alpha value is -3.62. The van der Waals surface area contributed by atoms with Crippen molar-refractivity contribution in [3.05, 3.63) is 95.1 Å². The summed E-state index contributed by atoms with van der Waals surface area (Å²) in [5.74, 6) is 0. The van der Waals surface area contributed by atoms with Crippen molar-refractivity contribution in [3.8, 4) is 17.2 Å². The number of benzene rings is 3. The Labute approximate surface area is 196 Å². The predicted molar refractivity (Wildman–Crippen MR) is 131 cm³/mol. The number of nitriles is 1. The Morgan fingerprint density at radius 3 is 2.36 bits per heavy atom. The molecule has 168 valence electrons. The maximum Gasteiger partial charge on any atom is 0.315 e. The summed E-state index contributed by atoms with van der Waals surface area (Å²) in [5, 5.41) is 15.2. The van der Waals surface area contributed by atoms with Crippen molar-refractivity contribution in [2.75, 3.05) is 13.1 Å². The fourth-order valence-corrected chi connectivity index (χ4v) is 4.19. The van der Waals surface area contributed by atoms with Crippen LogP contribution in [0.5, 0.6) is 0 Å². The van der Waals surface area contributed by atoms with Gasteiger partial charge in [-0.3, -0.25) is 4.90 Å². The first-order valence-corrected chi connectivity index (χ1v) is 11.5. The van der Waals surface area contributed by atoms with Gasteiger partial charge in [0, 0.05) is 32.2 Å². The molecule has 0 radical (unpaired) electrons. The van der Waals surface area contributed by atoms with Crippen LogP contribution in [-0.2, 0) is 13.1 Å². The fraction of sp³-hybridized carbons (Fsp3) is 0.286. The first-order valence-electron chi connectivity index (χ1n) is 11.5. The quantitative estimate of drug-likeness (QED) is 0.569. The lowest BCUT2D eigenvalue weighted by Crippen LogP contribution is -2.47. The molecule has 1 saturated heterocycles. The topological polar surface area (TPSA) is 68.2 Å². The number of amides is 2. The molecule has 2 N–H and O–H groups in total. The summed E-state index contributed by atoms with van der Waals surface area (Å²) in [6.07, 6.45) is 1.94. The minimum Gasteiger partial charge on any atom is -0.335 e. The van der Waals surface area contributed by atoms with Gasteiger partial charge in [0.25, 0.3) is 0 Å². The number of carbonyl (C=O) groups is 1. The van der Waals surface area contributed by atoms with Crippen molar-refractivity contribution >= 4 is 6.03 Å². The summed E-state index contributed by atoms with van der Waals surface area (Å²) in [5.41, 5.74) is 6.38. The normalized spacial score (nSPS) is 14.4. The van der Waals surface area contributed by atoms with E-state index in [4.69, 9.17) is 5.26 Å². The SMILES string of the molecule is Cc1ccc(CN2CCC(NC(=O)NCc3ccc(-c4cccc(C#N)c4)cc3)CC2)cc1. The molecule has 1 heterocycles. The zero-order valence-corrected chi connectivity index (χ0v) is 19.1. The number of nitrogens with one attached hydrogen (secondary N) is 2. The molecule has 1 aliphatic rings. The van der Waals surface area contributed by atoms with E-state index >= 15 is 0 Å². The zero-order chi connectivity index (χ0) is 23.0. The number of rotatable bonds is 6. The Balaban J connectivity index is 1.20. The Morgan fingerprint density at radius 2 is 1.67 bits per heavy atom. The summed E-state index contributed by atoms with van der Waals surface area (Å²) in [7, 11) is 0. The zero-order valence-electron chi connectivity index (χ0n) is 19.1. The molecule has 0 unspecified atom stereocenters. The molecular formula is C28H30N4O. The van der Waals surface area contributed by atoms with Crippen molar-refractivity contribution in [1.82, 2.24) is 15.5 Å². The van der Waals surface area contributed by atoms with Crippen molar-refractivity contribution in [1.29, 1.82) is 5.26 Å². The summed E-state index contributed by atoms with van der Waals surface area (Å²) in [4.78, 5) is 14.8. The second kappa shape index (κ2) is 10.8. The van der Waals surface area contributed by atoms with E-state index in [1.807, 2.05) is 42.5 Å². The molecule has 1 aliphatic heterocycles. The van der Waals surface area contributed by atoms with Crippen LogP contribution in [-0.4, -0.2) is 30.1 Å². The molecule has 0 aromatic heterocycles. The predicted octanol–water partition coefficient (Wildman–Crippen LogP) is 5.00. The maximum absolute atomic E-state index is 12.4. The molecule has 5 heteroatoms. The molecule has 4 rings (SSSR count). The first kappa shape index (κ1) is 22.6. The lowest BCUT2D eigenvalue weighted by atomic mass is 10.0. The molecule has 3 aromatic carbocycles. The van der Waals surface area contributed by atoms with Crippen LogP contribution in [0.3, 0.4) is 0 Å². The lowest BCUT2D eigenvalue weighted by molar-refractivity contribution is 0.186. The molecule has 5 nitrogen and oxygen atoms in total. The average molecular weight is 439 g/mol. The van der Waals surface area contributed by atoms with Crippen LogP contribution in [0, 0.1) is 18.3 Å². The van der Waals surface area contributed by atoms with Crippen LogP contribution in [0.15, 0.2) is 72.8 Å². The lowest BCUT2D eigenvalue weighted by Gasteiger charge is -2.32. The Bertz CT molecular complexity index is 1110. The van der Waals surface area contributed by atoms with Gasteiger partial charge in [0.05, 0.1) is 11.6 Å². The number of nitrogens with zero attached hydrogens (tertiary/aromatic N) is 2. The average Bonchev–Trinajstić information content (AvgIpc) is 2.86. The van der Waals surface area contributed by atoms with E-state index in [1.165, 1.54) is 11.1 Å². The van der Waals surface area contributed by atoms with Gasteiger partial charge in [-0.25, -0.2) is 4.79 Å². The molecule has 0 atom stereocenters. The van der Waals surface area contributed by atoms with Gasteiger partial charge >= 0.3 is 6.03 Å². The van der Waals surface area contributed by atoms with Gasteiger partial charge in [-0.1, -0.05) is 66.2 Å². The van der Waals surface area contributed by atoms with Crippen LogP contribution in [0.2, 0.25) is 0 Å². The third-order valence-corrected chi connectivity index (χ3v) is 6.18. The first-order chi connectivity index (χ1) is 16.1. The van der Waals surface area contributed by atoms with Gasteiger partial charge in [0.15, 0.2) is 0 Å². The smallest absolute Gasteiger partial charge is 0.315 e. The number of likely N-dealkylation sites (tertiary alicyclic amines) is 1. The monoisotopic (exact) mass is 438 g/mol. The number of hydrogen-bond donors (Lipinski definition) is 2. The van der Waals surface area contributed by atoms with E-state index in [-0.39, 0.29) is 12.1 Å². The van der Waals surface area contributed by atoms with E-state index in [0.717, 1.165) is 49.2 Å². The molecule has 33 heavy (non-hydrogen) atoms. The van der Waals surface area contributed by atoms with Gasteiger partial charge in [-0.15, -0.1) is 0 Å². The molecule has 0 saturated carbocycles. The van der Waals surface area contributed by atoms with Crippen LogP contribution in [0.1, 0.15) is 35.1 Å². The standard InChI is InChI=1S/C28H30N4O/c1-21-5-7-23(8-6-21)20-32-15-13-27(14-16-32)31-28(33)30-19-22-9-11-25(12-10-22)26-4-2-3-24(17-26)18-29/h2-12,17,27H,13-16,19-20H2,1H3,(H2,30,31,33). The highest BCUT2D eigenvalue weighted by atomic mass is 16.2. The molecule has 0 spiro atoms. The number of hydrogen-bond acceptors (Lipinski definition) is 3. The van der Waals surface area contributed by atoms with E-state index in [1.54, 1.807) is 6.07 Å². The van der Waals surface area contributed by atoms with E-state index < -0.39 is 0 Å². The van der Waals surface area contributed by atoms with Crippen molar-refractivity contribution < 1.29 is 4.79 Å². The number of piperidine rings is 1. The molecule has 0 bridgehead atoms. The Kier molecular flexibility index (Phi) is 7.39. The highest BCUT2D eigenvalue weighted by Gasteiger charge is 2.20. The molecule has 2 amide bonds. The highest BCUT2D eigenvalue weighted by Crippen LogP contribution is 2.21. The van der Waals surface area contributed by atoms with Crippen LogP contribution in [0.25, 0.3) is 11.1 Å². The van der Waals surface area contributed by atoms with Gasteiger partial charge in [0.2, 0.25) is 0 Å². The summed E-state index contributed by atoms with van der Waals surface area (Å²) >= 11 is 0. The summed E-state index contributed by atoms with van der Waals surface area (Å²) in [6.45, 7) is 5.55. The van der Waals surface area contributed by atoms with Gasteiger partial charge in [-0.2, -0.15) is 5.26 Å². The molecule has 0 aliphatic carbocycles. The fourth-order valence-electron chi connectivity index (χ4n) is 4.19. The van der Waals surface area contributed by atoms with E-state index in [9.17, 15) is 4.79 Å². The number of carbonyl (C=O) groups excluding carboxylic acids is 1. The minimum atomic E-state index is -0.113.